The summed E-state index contributed by atoms with van der Waals surface area (Å²) in [7, 11) is 0. The molecule has 0 bridgehead atoms. The number of hydrogen-bond acceptors (Lipinski definition) is 7. The van der Waals surface area contributed by atoms with E-state index in [1.54, 1.807) is 6.07 Å². The summed E-state index contributed by atoms with van der Waals surface area (Å²) >= 11 is 0. The Morgan fingerprint density at radius 3 is 2.83 bits per heavy atom. The van der Waals surface area contributed by atoms with Crippen LogP contribution in [-0.4, -0.2) is 70.9 Å². The number of nitrogens with one attached hydrogen (secondary N) is 2. The van der Waals surface area contributed by atoms with Crippen LogP contribution in [0.1, 0.15) is 34.4 Å². The number of carbonyl (C=O) groups excluding carboxylic acids is 1. The van der Waals surface area contributed by atoms with Crippen LogP contribution >= 0.6 is 0 Å². The van der Waals surface area contributed by atoms with Crippen LogP contribution in [0.25, 0.3) is 0 Å². The first kappa shape index (κ1) is 20.7. The number of nitrogens with zero attached hydrogens (tertiary/aromatic N) is 3. The molecule has 1 saturated heterocycles. The second kappa shape index (κ2) is 9.51. The molecule has 0 aliphatic carbocycles. The lowest BCUT2D eigenvalue weighted by atomic mass is 10.00. The van der Waals surface area contributed by atoms with Crippen LogP contribution in [0.5, 0.6) is 0 Å². The molecule has 30 heavy (non-hydrogen) atoms. The first-order valence-corrected chi connectivity index (χ1v) is 10.6. The highest BCUT2D eigenvalue weighted by Crippen LogP contribution is 2.18. The van der Waals surface area contributed by atoms with Crippen molar-refractivity contribution in [3.05, 3.63) is 53.0 Å². The number of fused-ring (bicyclic) bond motifs is 1. The van der Waals surface area contributed by atoms with Crippen molar-refractivity contribution in [2.24, 2.45) is 0 Å². The van der Waals surface area contributed by atoms with E-state index in [2.05, 4.69) is 43.7 Å². The average molecular weight is 412 g/mol. The first-order chi connectivity index (χ1) is 14.6. The molecule has 8 heteroatoms. The van der Waals surface area contributed by atoms with Crippen molar-refractivity contribution < 1.29 is 14.6 Å². The van der Waals surface area contributed by atoms with Gasteiger partial charge in [-0.3, -0.25) is 9.69 Å². The summed E-state index contributed by atoms with van der Waals surface area (Å²) in [6.07, 6.45) is 0.977. The molecule has 2 aliphatic heterocycles. The van der Waals surface area contributed by atoms with Crippen LogP contribution < -0.4 is 10.6 Å². The second-order valence-corrected chi connectivity index (χ2v) is 7.90. The Hall–Kier alpha value is -2.55. The Morgan fingerprint density at radius 1 is 1.30 bits per heavy atom. The molecule has 1 atom stereocenters. The van der Waals surface area contributed by atoms with Crippen LogP contribution in [0.2, 0.25) is 0 Å². The number of hydrogen-bond donors (Lipinski definition) is 3. The topological polar surface area (TPSA) is 99.6 Å². The number of rotatable bonds is 8. The molecule has 2 aromatic rings. The van der Waals surface area contributed by atoms with Crippen molar-refractivity contribution in [1.82, 2.24) is 20.2 Å². The highest BCUT2D eigenvalue weighted by molar-refractivity contribution is 5.92. The summed E-state index contributed by atoms with van der Waals surface area (Å²) in [5.74, 6) is 0.939. The molecule has 0 unspecified atom stereocenters. The standard InChI is InChI=1S/C22H29N5O3/c1-2-20-25-19(9-21(26-20)24-17-13-30-14-17)22(29)23-10-18(28)12-27-8-7-15-5-3-4-6-16(15)11-27/h3-6,9,17-18,28H,2,7-8,10-14H2,1H3,(H,23,29)(H,24,25,26)/t18-/m0/s1. The number of carbonyl (C=O) groups is 1. The predicted octanol–water partition coefficient (Wildman–Crippen LogP) is 0.999. The lowest BCUT2D eigenvalue weighted by molar-refractivity contribution is 0.0209. The second-order valence-electron chi connectivity index (χ2n) is 7.90. The highest BCUT2D eigenvalue weighted by Gasteiger charge is 2.21. The predicted molar refractivity (Wildman–Crippen MR) is 113 cm³/mol. The van der Waals surface area contributed by atoms with Crippen LogP contribution in [0.3, 0.4) is 0 Å². The van der Waals surface area contributed by atoms with Crippen molar-refractivity contribution in [3.8, 4) is 0 Å². The third kappa shape index (κ3) is 5.13. The van der Waals surface area contributed by atoms with Gasteiger partial charge in [-0.2, -0.15) is 0 Å². The first-order valence-electron chi connectivity index (χ1n) is 10.6. The molecule has 0 spiro atoms. The molecule has 3 N–H and O–H groups in total. The molecule has 3 heterocycles. The third-order valence-corrected chi connectivity index (χ3v) is 5.49. The zero-order valence-corrected chi connectivity index (χ0v) is 17.3. The van der Waals surface area contributed by atoms with Crippen molar-refractivity contribution >= 4 is 11.7 Å². The van der Waals surface area contributed by atoms with E-state index in [4.69, 9.17) is 4.74 Å². The largest absolute Gasteiger partial charge is 0.390 e. The molecule has 1 fully saturated rings. The number of β-amino-alcohol motifs (C(OH)–C–C–N with tert-alkyl or cyclic N) is 1. The van der Waals surface area contributed by atoms with Crippen molar-refractivity contribution in [2.75, 3.05) is 38.2 Å². The Morgan fingerprint density at radius 2 is 2.10 bits per heavy atom. The number of aryl methyl sites for hydroxylation is 1. The molecular formula is C22H29N5O3. The van der Waals surface area contributed by atoms with Gasteiger partial charge in [0.15, 0.2) is 0 Å². The van der Waals surface area contributed by atoms with Crippen molar-refractivity contribution in [3.63, 3.8) is 0 Å². The van der Waals surface area contributed by atoms with Gasteiger partial charge in [-0.15, -0.1) is 0 Å². The van der Waals surface area contributed by atoms with Gasteiger partial charge in [0, 0.05) is 38.7 Å². The lowest BCUT2D eigenvalue weighted by Gasteiger charge is -2.30. The monoisotopic (exact) mass is 411 g/mol. The van der Waals surface area contributed by atoms with Gasteiger partial charge in [0.05, 0.1) is 25.4 Å². The minimum Gasteiger partial charge on any atom is -0.390 e. The van der Waals surface area contributed by atoms with E-state index in [-0.39, 0.29) is 18.5 Å². The maximum absolute atomic E-state index is 12.6. The quantitative estimate of drug-likeness (QED) is 0.596. The minimum absolute atomic E-state index is 0.182. The summed E-state index contributed by atoms with van der Waals surface area (Å²) < 4.78 is 5.17. The fraction of sp³-hybridized carbons (Fsp3) is 0.500. The molecule has 1 aromatic heterocycles. The molecule has 8 nitrogen and oxygen atoms in total. The van der Waals surface area contributed by atoms with Gasteiger partial charge < -0.3 is 20.5 Å². The van der Waals surface area contributed by atoms with Crippen molar-refractivity contribution in [2.45, 2.75) is 38.5 Å². The van der Waals surface area contributed by atoms with Gasteiger partial charge in [-0.05, 0) is 17.5 Å². The number of aliphatic hydroxyl groups is 1. The van der Waals surface area contributed by atoms with Crippen LogP contribution in [-0.2, 0) is 24.1 Å². The van der Waals surface area contributed by atoms with Gasteiger partial charge in [0.25, 0.3) is 5.91 Å². The van der Waals surface area contributed by atoms with Crippen LogP contribution in [0.15, 0.2) is 30.3 Å². The zero-order valence-electron chi connectivity index (χ0n) is 17.3. The Balaban J connectivity index is 1.30. The maximum atomic E-state index is 12.6. The van der Waals surface area contributed by atoms with Crippen LogP contribution in [0.4, 0.5) is 5.82 Å². The summed E-state index contributed by atoms with van der Waals surface area (Å²) in [6.45, 7) is 5.67. The normalized spacial score (nSPS) is 17.7. The molecule has 160 valence electrons. The SMILES string of the molecule is CCc1nc(NC2COC2)cc(C(=O)NC[C@H](O)CN2CCc3ccccc3C2)n1. The summed E-state index contributed by atoms with van der Waals surface area (Å²) in [4.78, 5) is 23.6. The van der Waals surface area contributed by atoms with Crippen LogP contribution in [0, 0.1) is 0 Å². The Labute approximate surface area is 176 Å². The maximum Gasteiger partial charge on any atom is 0.270 e. The Kier molecular flexibility index (Phi) is 6.56. The zero-order chi connectivity index (χ0) is 20.9. The number of aliphatic hydroxyl groups excluding tert-OH is 1. The number of ether oxygens (including phenoxy) is 1. The summed E-state index contributed by atoms with van der Waals surface area (Å²) in [6, 6.07) is 10.3. The summed E-state index contributed by atoms with van der Waals surface area (Å²) in [5, 5.41) is 16.5. The molecule has 0 saturated carbocycles. The van der Waals surface area contributed by atoms with E-state index < -0.39 is 6.10 Å². The molecular weight excluding hydrogens is 382 g/mol. The van der Waals surface area contributed by atoms with Gasteiger partial charge in [-0.1, -0.05) is 31.2 Å². The van der Waals surface area contributed by atoms with E-state index >= 15 is 0 Å². The van der Waals surface area contributed by atoms with E-state index in [0.717, 1.165) is 19.5 Å². The van der Waals surface area contributed by atoms with Gasteiger partial charge in [0.1, 0.15) is 17.3 Å². The van der Waals surface area contributed by atoms with Gasteiger partial charge >= 0.3 is 0 Å². The molecule has 2 aliphatic rings. The van der Waals surface area contributed by atoms with E-state index in [0.29, 0.717) is 43.5 Å². The fourth-order valence-corrected chi connectivity index (χ4v) is 3.75. The smallest absolute Gasteiger partial charge is 0.270 e. The molecule has 1 amide bonds. The average Bonchev–Trinajstić information content (AvgIpc) is 2.74. The third-order valence-electron chi connectivity index (χ3n) is 5.49. The lowest BCUT2D eigenvalue weighted by Crippen LogP contribution is -2.42. The van der Waals surface area contributed by atoms with Gasteiger partial charge in [-0.25, -0.2) is 9.97 Å². The van der Waals surface area contributed by atoms with Crippen molar-refractivity contribution in [1.29, 1.82) is 0 Å². The number of anilines is 1. The number of aromatic nitrogens is 2. The fourth-order valence-electron chi connectivity index (χ4n) is 3.75. The minimum atomic E-state index is -0.642. The van der Waals surface area contributed by atoms with E-state index in [1.165, 1.54) is 11.1 Å². The Bertz CT molecular complexity index is 887. The highest BCUT2D eigenvalue weighted by atomic mass is 16.5. The molecule has 1 aromatic carbocycles. The van der Waals surface area contributed by atoms with E-state index in [1.807, 2.05) is 13.0 Å². The molecule has 4 rings (SSSR count). The number of amides is 1. The van der Waals surface area contributed by atoms with Gasteiger partial charge in [0.2, 0.25) is 0 Å². The van der Waals surface area contributed by atoms with E-state index in [9.17, 15) is 9.90 Å². The summed E-state index contributed by atoms with van der Waals surface area (Å²) in [5.41, 5.74) is 3.00. The molecule has 0 radical (unpaired) electrons. The number of benzene rings is 1.